The molecule has 2 nitrogen and oxygen atoms in total. The Balaban J connectivity index is 2.13. The summed E-state index contributed by atoms with van der Waals surface area (Å²) in [7, 11) is 0. The highest BCUT2D eigenvalue weighted by Gasteiger charge is 2.39. The Kier molecular flexibility index (Phi) is 3.93. The molecule has 0 radical (unpaired) electrons. The van der Waals surface area contributed by atoms with Gasteiger partial charge in [0.25, 0.3) is 0 Å². The number of carbonyl (C=O) groups excluding carboxylic acids is 2. The molecule has 0 atom stereocenters. The molecule has 0 spiro atoms. The quantitative estimate of drug-likeness (QED) is 0.740. The van der Waals surface area contributed by atoms with Crippen molar-refractivity contribution in [1.29, 1.82) is 0 Å². The van der Waals surface area contributed by atoms with E-state index in [1.807, 2.05) is 24.3 Å². The highest BCUT2D eigenvalue weighted by molar-refractivity contribution is 6.29. The fourth-order valence-corrected chi connectivity index (χ4v) is 3.18. The second-order valence-electron chi connectivity index (χ2n) is 6.95. The van der Waals surface area contributed by atoms with Crippen molar-refractivity contribution in [1.82, 2.24) is 0 Å². The van der Waals surface area contributed by atoms with E-state index in [0.29, 0.717) is 23.0 Å². The van der Waals surface area contributed by atoms with Crippen LogP contribution in [0, 0.1) is 0 Å². The van der Waals surface area contributed by atoms with Gasteiger partial charge in [-0.2, -0.15) is 0 Å². The number of Topliss-reactive ketones (excluding diaryl/α,β-unsaturated/α-hetero) is 2. The van der Waals surface area contributed by atoms with Gasteiger partial charge in [-0.3, -0.25) is 9.59 Å². The summed E-state index contributed by atoms with van der Waals surface area (Å²) in [5.41, 5.74) is 4.32. The van der Waals surface area contributed by atoms with E-state index >= 15 is 0 Å². The zero-order valence-corrected chi connectivity index (χ0v) is 14.1. The third-order valence-electron chi connectivity index (χ3n) is 4.65. The molecule has 0 bridgehead atoms. The Labute approximate surface area is 137 Å². The molecule has 0 saturated carbocycles. The fraction of sp³-hybridized carbons (Fsp3) is 0.333. The molecule has 0 unspecified atom stereocenters. The maximum absolute atomic E-state index is 12.7. The van der Waals surface area contributed by atoms with Crippen LogP contribution in [0.1, 0.15) is 82.9 Å². The lowest BCUT2D eigenvalue weighted by Crippen LogP contribution is -2.14. The first-order valence-corrected chi connectivity index (χ1v) is 8.22. The minimum absolute atomic E-state index is 0.0683. The molecule has 0 N–H and O–H groups in total. The lowest BCUT2D eigenvalue weighted by Gasteiger charge is -2.16. The minimum Gasteiger partial charge on any atom is -0.293 e. The number of ketones is 2. The largest absolute Gasteiger partial charge is 0.293 e. The van der Waals surface area contributed by atoms with Crippen molar-refractivity contribution < 1.29 is 9.59 Å². The maximum atomic E-state index is 12.7. The Morgan fingerprint density at radius 2 is 1.17 bits per heavy atom. The molecule has 1 aliphatic rings. The van der Waals surface area contributed by atoms with Crippen molar-refractivity contribution in [2.75, 3.05) is 0 Å². The third kappa shape index (κ3) is 2.63. The third-order valence-corrected chi connectivity index (χ3v) is 4.65. The lowest BCUT2D eigenvalue weighted by molar-refractivity contribution is 0.0890. The van der Waals surface area contributed by atoms with Crippen LogP contribution in [0.4, 0.5) is 0 Å². The molecule has 0 amide bonds. The molecule has 2 aromatic rings. The Bertz CT molecular complexity index is 723. The average molecular weight is 306 g/mol. The summed E-state index contributed by atoms with van der Waals surface area (Å²) in [6.07, 6.45) is 0. The van der Waals surface area contributed by atoms with Gasteiger partial charge in [0.2, 0.25) is 0 Å². The summed E-state index contributed by atoms with van der Waals surface area (Å²) in [4.78, 5) is 25.5. The summed E-state index contributed by atoms with van der Waals surface area (Å²) in [6.45, 7) is 8.54. The predicted octanol–water partition coefficient (Wildman–Crippen LogP) is 5.10. The summed E-state index contributed by atoms with van der Waals surface area (Å²) < 4.78 is 0. The normalized spacial score (nSPS) is 14.9. The van der Waals surface area contributed by atoms with Crippen LogP contribution >= 0.6 is 0 Å². The monoisotopic (exact) mass is 306 g/mol. The number of hydrogen-bond acceptors (Lipinski definition) is 2. The number of benzene rings is 2. The molecule has 0 aromatic heterocycles. The lowest BCUT2D eigenvalue weighted by atomic mass is 9.86. The SMILES string of the molecule is CC(C)c1cc(C(C)C)cc(C2C(=O)c3ccccc3C2=O)c1. The molecular formula is C21H22O2. The van der Waals surface area contributed by atoms with Gasteiger partial charge in [0.05, 0.1) is 0 Å². The van der Waals surface area contributed by atoms with Crippen LogP contribution < -0.4 is 0 Å². The fourth-order valence-electron chi connectivity index (χ4n) is 3.18. The van der Waals surface area contributed by atoms with E-state index in [2.05, 4.69) is 33.8 Å². The van der Waals surface area contributed by atoms with Crippen LogP contribution in [0.3, 0.4) is 0 Å². The smallest absolute Gasteiger partial charge is 0.178 e. The molecule has 2 aromatic carbocycles. The van der Waals surface area contributed by atoms with Crippen LogP contribution in [0.2, 0.25) is 0 Å². The zero-order chi connectivity index (χ0) is 16.7. The molecule has 23 heavy (non-hydrogen) atoms. The van der Waals surface area contributed by atoms with Crippen LogP contribution in [0.15, 0.2) is 42.5 Å². The molecule has 1 aliphatic carbocycles. The Hall–Kier alpha value is -2.22. The van der Waals surface area contributed by atoms with Crippen LogP contribution in [-0.4, -0.2) is 11.6 Å². The Morgan fingerprint density at radius 1 is 0.739 bits per heavy atom. The highest BCUT2D eigenvalue weighted by Crippen LogP contribution is 2.36. The van der Waals surface area contributed by atoms with E-state index in [9.17, 15) is 9.59 Å². The summed E-state index contributed by atoms with van der Waals surface area (Å²) in [6, 6.07) is 13.4. The molecular weight excluding hydrogens is 284 g/mol. The van der Waals surface area contributed by atoms with Gasteiger partial charge in [-0.25, -0.2) is 0 Å². The highest BCUT2D eigenvalue weighted by atomic mass is 16.2. The predicted molar refractivity (Wildman–Crippen MR) is 92.5 cm³/mol. The Morgan fingerprint density at radius 3 is 1.57 bits per heavy atom. The number of hydrogen-bond donors (Lipinski definition) is 0. The molecule has 0 fully saturated rings. The number of fused-ring (bicyclic) bond motifs is 1. The van der Waals surface area contributed by atoms with E-state index in [-0.39, 0.29) is 11.6 Å². The van der Waals surface area contributed by atoms with Crippen LogP contribution in [0.5, 0.6) is 0 Å². The van der Waals surface area contributed by atoms with Gasteiger partial charge in [0.15, 0.2) is 11.6 Å². The van der Waals surface area contributed by atoms with Gasteiger partial charge in [0, 0.05) is 11.1 Å². The summed E-state index contributed by atoms with van der Waals surface area (Å²) in [5, 5.41) is 0. The van der Waals surface area contributed by atoms with Crippen LogP contribution in [-0.2, 0) is 0 Å². The zero-order valence-electron chi connectivity index (χ0n) is 14.1. The standard InChI is InChI=1S/C21H22O2/c1-12(2)14-9-15(13(3)4)11-16(10-14)19-20(22)17-7-5-6-8-18(17)21(19)23/h5-13,19H,1-4H3. The van der Waals surface area contributed by atoms with Gasteiger partial charge >= 0.3 is 0 Å². The van der Waals surface area contributed by atoms with Crippen molar-refractivity contribution >= 4 is 11.6 Å². The first-order chi connectivity index (χ1) is 10.9. The van der Waals surface area contributed by atoms with Crippen LogP contribution in [0.25, 0.3) is 0 Å². The van der Waals surface area contributed by atoms with E-state index in [0.717, 1.165) is 5.56 Å². The molecule has 0 heterocycles. The summed E-state index contributed by atoms with van der Waals surface area (Å²) in [5.74, 6) is -0.0890. The number of carbonyl (C=O) groups is 2. The van der Waals surface area contributed by atoms with Crippen molar-refractivity contribution in [3.8, 4) is 0 Å². The molecule has 3 rings (SSSR count). The van der Waals surface area contributed by atoms with E-state index in [1.54, 1.807) is 12.1 Å². The topological polar surface area (TPSA) is 34.1 Å². The van der Waals surface area contributed by atoms with E-state index < -0.39 is 5.92 Å². The van der Waals surface area contributed by atoms with Gasteiger partial charge in [-0.15, -0.1) is 0 Å². The summed E-state index contributed by atoms with van der Waals surface area (Å²) >= 11 is 0. The first-order valence-electron chi connectivity index (χ1n) is 8.22. The number of rotatable bonds is 3. The second kappa shape index (κ2) is 5.77. The first kappa shape index (κ1) is 15.7. The van der Waals surface area contributed by atoms with Gasteiger partial charge in [0.1, 0.15) is 5.92 Å². The van der Waals surface area contributed by atoms with Crippen molar-refractivity contribution in [2.45, 2.75) is 45.4 Å². The van der Waals surface area contributed by atoms with Crippen molar-refractivity contribution in [3.63, 3.8) is 0 Å². The van der Waals surface area contributed by atoms with Gasteiger partial charge in [-0.1, -0.05) is 70.2 Å². The van der Waals surface area contributed by atoms with Gasteiger partial charge in [-0.05, 0) is 28.5 Å². The molecule has 0 aliphatic heterocycles. The van der Waals surface area contributed by atoms with Crippen molar-refractivity contribution in [3.05, 3.63) is 70.3 Å². The molecule has 0 saturated heterocycles. The maximum Gasteiger partial charge on any atom is 0.178 e. The second-order valence-corrected chi connectivity index (χ2v) is 6.95. The van der Waals surface area contributed by atoms with E-state index in [1.165, 1.54) is 11.1 Å². The van der Waals surface area contributed by atoms with Gasteiger partial charge < -0.3 is 0 Å². The van der Waals surface area contributed by atoms with E-state index in [4.69, 9.17) is 0 Å². The van der Waals surface area contributed by atoms with Crippen molar-refractivity contribution in [2.24, 2.45) is 0 Å². The average Bonchev–Trinajstić information content (AvgIpc) is 2.79. The minimum atomic E-state index is -0.677. The molecule has 118 valence electrons. The molecule has 2 heteroatoms.